The lowest BCUT2D eigenvalue weighted by Gasteiger charge is -2.19. The lowest BCUT2D eigenvalue weighted by molar-refractivity contribution is -0.139. The van der Waals surface area contributed by atoms with E-state index < -0.39 is 26.7 Å². The highest BCUT2D eigenvalue weighted by Crippen LogP contribution is 2.34. The second-order valence-electron chi connectivity index (χ2n) is 7.14. The highest BCUT2D eigenvalue weighted by atomic mass is 35.5. The zero-order valence-electron chi connectivity index (χ0n) is 16.2. The van der Waals surface area contributed by atoms with Crippen molar-refractivity contribution in [1.82, 2.24) is 14.7 Å². The minimum Gasteiger partial charge on any atom is -0.356 e. The van der Waals surface area contributed by atoms with Crippen LogP contribution in [0.15, 0.2) is 47.4 Å². The van der Waals surface area contributed by atoms with Gasteiger partial charge < -0.3 is 4.90 Å². The topological polar surface area (TPSA) is 75.2 Å². The zero-order chi connectivity index (χ0) is 22.2. The molecule has 0 aliphatic carbocycles. The van der Waals surface area contributed by atoms with Gasteiger partial charge in [-0.25, -0.2) is 23.1 Å². The SMILES string of the molecule is O=S(=O)(NCc1nc(N2CCCC2)c2cc(Cl)ccc2n1)c1ccccc1C(F)(F)F. The number of nitrogens with one attached hydrogen (secondary N) is 1. The van der Waals surface area contributed by atoms with E-state index in [4.69, 9.17) is 11.6 Å². The summed E-state index contributed by atoms with van der Waals surface area (Å²) in [6.07, 6.45) is -2.79. The Morgan fingerprint density at radius 3 is 2.48 bits per heavy atom. The number of alkyl halides is 3. The van der Waals surface area contributed by atoms with Gasteiger partial charge in [0, 0.05) is 23.5 Å². The monoisotopic (exact) mass is 470 g/mol. The Hall–Kier alpha value is -2.43. The highest BCUT2D eigenvalue weighted by Gasteiger charge is 2.36. The number of hydrogen-bond donors (Lipinski definition) is 1. The first-order valence-corrected chi connectivity index (χ1v) is 11.4. The fraction of sp³-hybridized carbons (Fsp3) is 0.300. The number of nitrogens with zero attached hydrogens (tertiary/aromatic N) is 3. The van der Waals surface area contributed by atoms with Crippen LogP contribution in [0.4, 0.5) is 19.0 Å². The van der Waals surface area contributed by atoms with Crippen LogP contribution in [0.3, 0.4) is 0 Å². The van der Waals surface area contributed by atoms with Gasteiger partial charge in [-0.1, -0.05) is 23.7 Å². The molecule has 1 aliphatic rings. The van der Waals surface area contributed by atoms with Gasteiger partial charge in [-0.05, 0) is 43.2 Å². The Balaban J connectivity index is 1.67. The largest absolute Gasteiger partial charge is 0.417 e. The maximum absolute atomic E-state index is 13.2. The average molecular weight is 471 g/mol. The lowest BCUT2D eigenvalue weighted by atomic mass is 10.2. The highest BCUT2D eigenvalue weighted by molar-refractivity contribution is 7.89. The molecule has 1 saturated heterocycles. The minimum atomic E-state index is -4.80. The van der Waals surface area contributed by atoms with Crippen LogP contribution in [0.2, 0.25) is 5.02 Å². The predicted molar refractivity (Wildman–Crippen MR) is 111 cm³/mol. The van der Waals surface area contributed by atoms with E-state index in [1.165, 1.54) is 6.07 Å². The maximum Gasteiger partial charge on any atom is 0.417 e. The van der Waals surface area contributed by atoms with Crippen LogP contribution in [-0.4, -0.2) is 31.5 Å². The smallest absolute Gasteiger partial charge is 0.356 e. The van der Waals surface area contributed by atoms with Gasteiger partial charge >= 0.3 is 6.18 Å². The van der Waals surface area contributed by atoms with Gasteiger partial charge in [-0.3, -0.25) is 0 Å². The van der Waals surface area contributed by atoms with Gasteiger partial charge in [0.15, 0.2) is 0 Å². The second-order valence-corrected chi connectivity index (χ2v) is 9.31. The molecule has 4 rings (SSSR count). The molecule has 2 heterocycles. The lowest BCUT2D eigenvalue weighted by Crippen LogP contribution is -2.27. The first kappa shape index (κ1) is 21.8. The first-order chi connectivity index (χ1) is 14.6. The molecular weight excluding hydrogens is 453 g/mol. The van der Waals surface area contributed by atoms with Crippen molar-refractivity contribution in [2.75, 3.05) is 18.0 Å². The van der Waals surface area contributed by atoms with E-state index in [1.807, 2.05) is 0 Å². The number of anilines is 1. The van der Waals surface area contributed by atoms with E-state index in [0.717, 1.165) is 49.5 Å². The van der Waals surface area contributed by atoms with Crippen molar-refractivity contribution in [2.24, 2.45) is 0 Å². The fourth-order valence-electron chi connectivity index (χ4n) is 3.55. The van der Waals surface area contributed by atoms with Crippen molar-refractivity contribution in [2.45, 2.75) is 30.5 Å². The molecule has 1 aromatic heterocycles. The van der Waals surface area contributed by atoms with E-state index in [9.17, 15) is 21.6 Å². The second kappa shape index (κ2) is 8.25. The summed E-state index contributed by atoms with van der Waals surface area (Å²) in [6.45, 7) is 1.24. The molecule has 1 aliphatic heterocycles. The molecule has 31 heavy (non-hydrogen) atoms. The first-order valence-electron chi connectivity index (χ1n) is 9.52. The summed E-state index contributed by atoms with van der Waals surface area (Å²) in [4.78, 5) is 10.1. The van der Waals surface area contributed by atoms with Gasteiger partial charge in [0.05, 0.1) is 22.5 Å². The molecule has 6 nitrogen and oxygen atoms in total. The molecule has 3 aromatic rings. The molecule has 1 fully saturated rings. The van der Waals surface area contributed by atoms with Gasteiger partial charge in [0.1, 0.15) is 11.6 Å². The van der Waals surface area contributed by atoms with E-state index in [-0.39, 0.29) is 12.4 Å². The molecule has 2 aromatic carbocycles. The number of hydrogen-bond acceptors (Lipinski definition) is 5. The third-order valence-corrected chi connectivity index (χ3v) is 6.69. The summed E-state index contributed by atoms with van der Waals surface area (Å²) in [6, 6.07) is 9.15. The van der Waals surface area contributed by atoms with Crippen molar-refractivity contribution < 1.29 is 21.6 Å². The van der Waals surface area contributed by atoms with E-state index in [1.54, 1.807) is 18.2 Å². The quantitative estimate of drug-likeness (QED) is 0.599. The molecule has 0 spiro atoms. The Morgan fingerprint density at radius 2 is 1.77 bits per heavy atom. The van der Waals surface area contributed by atoms with Gasteiger partial charge in [0.25, 0.3) is 0 Å². The predicted octanol–water partition coefficient (Wildman–Crippen LogP) is 4.38. The molecule has 164 valence electrons. The van der Waals surface area contributed by atoms with Crippen LogP contribution in [0.1, 0.15) is 24.2 Å². The number of aromatic nitrogens is 2. The summed E-state index contributed by atoms with van der Waals surface area (Å²) >= 11 is 6.12. The van der Waals surface area contributed by atoms with Crippen molar-refractivity contribution in [3.8, 4) is 0 Å². The molecule has 1 N–H and O–H groups in total. The Labute approximate surface area is 182 Å². The number of rotatable bonds is 5. The standard InChI is InChI=1S/C20H18ClF3N4O2S/c21-13-7-8-16-14(11-13)19(28-9-3-4-10-28)27-18(26-16)12-25-31(29,30)17-6-2-1-5-15(17)20(22,23)24/h1-2,5-8,11,25H,3-4,9-10,12H2. The van der Waals surface area contributed by atoms with Gasteiger partial charge in [-0.2, -0.15) is 13.2 Å². The van der Waals surface area contributed by atoms with Gasteiger partial charge in [-0.15, -0.1) is 0 Å². The van der Waals surface area contributed by atoms with Crippen molar-refractivity contribution in [3.63, 3.8) is 0 Å². The Kier molecular flexibility index (Phi) is 5.80. The molecule has 0 amide bonds. The molecule has 11 heteroatoms. The van der Waals surface area contributed by atoms with Crippen LogP contribution in [0.5, 0.6) is 0 Å². The summed E-state index contributed by atoms with van der Waals surface area (Å²) in [5.74, 6) is 0.791. The van der Waals surface area contributed by atoms with Crippen molar-refractivity contribution >= 4 is 38.3 Å². The molecule has 0 unspecified atom stereocenters. The minimum absolute atomic E-state index is 0.157. The molecular formula is C20H18ClF3N4O2S. The van der Waals surface area contributed by atoms with Crippen LogP contribution in [-0.2, 0) is 22.7 Å². The van der Waals surface area contributed by atoms with Crippen LogP contribution < -0.4 is 9.62 Å². The normalized spacial score (nSPS) is 15.0. The van der Waals surface area contributed by atoms with E-state index in [0.29, 0.717) is 16.4 Å². The third kappa shape index (κ3) is 4.60. The Bertz CT molecular complexity index is 1230. The maximum atomic E-state index is 13.2. The van der Waals surface area contributed by atoms with E-state index >= 15 is 0 Å². The number of benzene rings is 2. The van der Waals surface area contributed by atoms with Crippen molar-refractivity contribution in [1.29, 1.82) is 0 Å². The number of halogens is 4. The summed E-state index contributed by atoms with van der Waals surface area (Å²) in [5.41, 5.74) is -0.652. The third-order valence-electron chi connectivity index (χ3n) is 4.99. The summed E-state index contributed by atoms with van der Waals surface area (Å²) < 4.78 is 67.2. The van der Waals surface area contributed by atoms with Gasteiger partial charge in [0.2, 0.25) is 10.0 Å². The Morgan fingerprint density at radius 1 is 1.06 bits per heavy atom. The van der Waals surface area contributed by atoms with Crippen molar-refractivity contribution in [3.05, 3.63) is 58.9 Å². The number of sulfonamides is 1. The zero-order valence-corrected chi connectivity index (χ0v) is 17.7. The summed E-state index contributed by atoms with van der Waals surface area (Å²) in [7, 11) is -4.45. The van der Waals surface area contributed by atoms with Crippen LogP contribution in [0, 0.1) is 0 Å². The molecule has 0 bridgehead atoms. The molecule has 0 atom stereocenters. The summed E-state index contributed by atoms with van der Waals surface area (Å²) in [5, 5.41) is 1.26. The van der Waals surface area contributed by atoms with E-state index in [2.05, 4.69) is 19.6 Å². The van der Waals surface area contributed by atoms with Crippen LogP contribution in [0.25, 0.3) is 10.9 Å². The average Bonchev–Trinajstić information content (AvgIpc) is 3.26. The number of fused-ring (bicyclic) bond motifs is 1. The fourth-order valence-corrected chi connectivity index (χ4v) is 4.93. The van der Waals surface area contributed by atoms with Crippen LogP contribution >= 0.6 is 11.6 Å². The molecule has 0 radical (unpaired) electrons. The molecule has 0 saturated carbocycles.